The summed E-state index contributed by atoms with van der Waals surface area (Å²) >= 11 is 0. The Morgan fingerprint density at radius 2 is 2.17 bits per heavy atom. The van der Waals surface area contributed by atoms with Gasteiger partial charge < -0.3 is 15.7 Å². The van der Waals surface area contributed by atoms with Crippen molar-refractivity contribution in [3.63, 3.8) is 0 Å². The monoisotopic (exact) mass is 252 g/mol. The maximum Gasteiger partial charge on any atom is 0.305 e. The molecule has 0 radical (unpaired) electrons. The highest BCUT2D eigenvalue weighted by Gasteiger charge is 2.08. The van der Waals surface area contributed by atoms with Gasteiger partial charge >= 0.3 is 5.97 Å². The molecule has 1 atom stereocenters. The topological polar surface area (TPSA) is 87.1 Å². The first-order valence-corrected chi connectivity index (χ1v) is 6.16. The van der Waals surface area contributed by atoms with Crippen LogP contribution in [-0.4, -0.2) is 33.6 Å². The summed E-state index contributed by atoms with van der Waals surface area (Å²) in [5.74, 6) is 0.562. The Hall–Kier alpha value is -1.85. The van der Waals surface area contributed by atoms with Crippen LogP contribution in [0.25, 0.3) is 0 Å². The minimum Gasteiger partial charge on any atom is -0.481 e. The van der Waals surface area contributed by atoms with Crippen LogP contribution >= 0.6 is 0 Å². The molecular weight excluding hydrogens is 232 g/mol. The largest absolute Gasteiger partial charge is 0.481 e. The Kier molecular flexibility index (Phi) is 5.90. The second kappa shape index (κ2) is 7.47. The molecule has 1 heterocycles. The highest BCUT2D eigenvalue weighted by atomic mass is 16.4. The summed E-state index contributed by atoms with van der Waals surface area (Å²) in [7, 11) is 0. The lowest BCUT2D eigenvalue weighted by atomic mass is 10.2. The van der Waals surface area contributed by atoms with Crippen molar-refractivity contribution in [1.29, 1.82) is 0 Å². The molecule has 0 saturated carbocycles. The van der Waals surface area contributed by atoms with Crippen molar-refractivity contribution >= 4 is 17.6 Å². The van der Waals surface area contributed by atoms with Crippen LogP contribution in [0, 0.1) is 0 Å². The van der Waals surface area contributed by atoms with E-state index < -0.39 is 5.97 Å². The summed E-state index contributed by atoms with van der Waals surface area (Å²) in [4.78, 5) is 18.7. The zero-order valence-electron chi connectivity index (χ0n) is 10.8. The van der Waals surface area contributed by atoms with E-state index in [1.165, 1.54) is 6.33 Å². The van der Waals surface area contributed by atoms with Crippen LogP contribution < -0.4 is 10.6 Å². The predicted octanol–water partition coefficient (Wildman–Crippen LogP) is 1.96. The van der Waals surface area contributed by atoms with Crippen LogP contribution in [0.4, 0.5) is 11.6 Å². The summed E-state index contributed by atoms with van der Waals surface area (Å²) in [6.45, 7) is 4.81. The molecule has 0 aromatic carbocycles. The molecule has 0 saturated heterocycles. The molecule has 6 nitrogen and oxygen atoms in total. The van der Waals surface area contributed by atoms with Gasteiger partial charge in [-0.3, -0.25) is 4.79 Å². The SMILES string of the molecule is CCCCNc1cc(NC(C)CC(=O)O)ncn1. The highest BCUT2D eigenvalue weighted by Crippen LogP contribution is 2.10. The molecule has 0 aliphatic rings. The van der Waals surface area contributed by atoms with Crippen molar-refractivity contribution < 1.29 is 9.90 Å². The first-order valence-electron chi connectivity index (χ1n) is 6.16. The van der Waals surface area contributed by atoms with E-state index in [9.17, 15) is 4.79 Å². The van der Waals surface area contributed by atoms with E-state index >= 15 is 0 Å². The lowest BCUT2D eigenvalue weighted by Crippen LogP contribution is -2.20. The molecule has 0 spiro atoms. The van der Waals surface area contributed by atoms with Crippen LogP contribution in [0.3, 0.4) is 0 Å². The summed E-state index contributed by atoms with van der Waals surface area (Å²) < 4.78 is 0. The van der Waals surface area contributed by atoms with E-state index in [-0.39, 0.29) is 12.5 Å². The number of carboxylic acids is 1. The van der Waals surface area contributed by atoms with E-state index in [0.29, 0.717) is 5.82 Å². The van der Waals surface area contributed by atoms with E-state index in [1.807, 2.05) is 0 Å². The van der Waals surface area contributed by atoms with Crippen molar-refractivity contribution in [2.45, 2.75) is 39.2 Å². The fraction of sp³-hybridized carbons (Fsp3) is 0.583. The van der Waals surface area contributed by atoms with Crippen molar-refractivity contribution in [3.05, 3.63) is 12.4 Å². The summed E-state index contributed by atoms with van der Waals surface area (Å²) in [6, 6.07) is 1.62. The maximum atomic E-state index is 10.6. The quantitative estimate of drug-likeness (QED) is 0.613. The molecule has 6 heteroatoms. The molecule has 3 N–H and O–H groups in total. The predicted molar refractivity (Wildman–Crippen MR) is 70.8 cm³/mol. The average Bonchev–Trinajstić information content (AvgIpc) is 2.28. The Morgan fingerprint density at radius 1 is 1.44 bits per heavy atom. The van der Waals surface area contributed by atoms with Crippen LogP contribution in [0.1, 0.15) is 33.1 Å². The van der Waals surface area contributed by atoms with Gasteiger partial charge in [-0.1, -0.05) is 13.3 Å². The van der Waals surface area contributed by atoms with Gasteiger partial charge in [0.05, 0.1) is 6.42 Å². The fourth-order valence-corrected chi connectivity index (χ4v) is 1.49. The second-order valence-electron chi connectivity index (χ2n) is 4.21. The van der Waals surface area contributed by atoms with E-state index in [4.69, 9.17) is 5.11 Å². The number of hydrogen-bond donors (Lipinski definition) is 3. The minimum atomic E-state index is -0.828. The second-order valence-corrected chi connectivity index (χ2v) is 4.21. The molecule has 1 rings (SSSR count). The maximum absolute atomic E-state index is 10.6. The van der Waals surface area contributed by atoms with Gasteiger partial charge in [0.1, 0.15) is 18.0 Å². The lowest BCUT2D eigenvalue weighted by Gasteiger charge is -2.12. The standard InChI is InChI=1S/C12H20N4O2/c1-3-4-5-13-10-7-11(15-8-14-10)16-9(2)6-12(17)18/h7-9H,3-6H2,1-2H3,(H,17,18)(H2,13,14,15,16). The van der Waals surface area contributed by atoms with Crippen molar-refractivity contribution in [2.24, 2.45) is 0 Å². The number of nitrogens with one attached hydrogen (secondary N) is 2. The van der Waals surface area contributed by atoms with Crippen molar-refractivity contribution in [1.82, 2.24) is 9.97 Å². The first kappa shape index (κ1) is 14.2. The third kappa shape index (κ3) is 5.47. The number of hydrogen-bond acceptors (Lipinski definition) is 5. The van der Waals surface area contributed by atoms with Gasteiger partial charge in [0.2, 0.25) is 0 Å². The number of carbonyl (C=O) groups is 1. The molecule has 0 aliphatic heterocycles. The molecule has 1 unspecified atom stereocenters. The van der Waals surface area contributed by atoms with Crippen LogP contribution in [-0.2, 0) is 4.79 Å². The smallest absolute Gasteiger partial charge is 0.305 e. The fourth-order valence-electron chi connectivity index (χ4n) is 1.49. The van der Waals surface area contributed by atoms with Crippen molar-refractivity contribution in [2.75, 3.05) is 17.2 Å². The van der Waals surface area contributed by atoms with Crippen LogP contribution in [0.5, 0.6) is 0 Å². The first-order chi connectivity index (χ1) is 8.61. The van der Waals surface area contributed by atoms with E-state index in [0.717, 1.165) is 25.2 Å². The number of anilines is 2. The third-order valence-electron chi connectivity index (χ3n) is 2.38. The Balaban J connectivity index is 2.50. The molecular formula is C12H20N4O2. The molecule has 0 amide bonds. The Morgan fingerprint density at radius 3 is 2.83 bits per heavy atom. The Labute approximate surface area is 107 Å². The van der Waals surface area contributed by atoms with E-state index in [2.05, 4.69) is 27.5 Å². The van der Waals surface area contributed by atoms with Gasteiger partial charge in [-0.25, -0.2) is 9.97 Å². The van der Waals surface area contributed by atoms with Crippen LogP contribution in [0.2, 0.25) is 0 Å². The number of aliphatic carboxylic acids is 1. The molecule has 18 heavy (non-hydrogen) atoms. The van der Waals surface area contributed by atoms with Crippen molar-refractivity contribution in [3.8, 4) is 0 Å². The van der Waals surface area contributed by atoms with Gasteiger partial charge in [0, 0.05) is 18.7 Å². The van der Waals surface area contributed by atoms with Gasteiger partial charge in [0.15, 0.2) is 0 Å². The number of rotatable bonds is 8. The van der Waals surface area contributed by atoms with Gasteiger partial charge in [-0.15, -0.1) is 0 Å². The normalized spacial score (nSPS) is 11.9. The summed E-state index contributed by atoms with van der Waals surface area (Å²) in [5.41, 5.74) is 0. The highest BCUT2D eigenvalue weighted by molar-refractivity contribution is 5.68. The molecule has 1 aromatic heterocycles. The molecule has 1 aromatic rings. The average molecular weight is 252 g/mol. The molecule has 0 aliphatic carbocycles. The molecule has 0 bridgehead atoms. The molecule has 100 valence electrons. The molecule has 0 fully saturated rings. The Bertz CT molecular complexity index is 384. The van der Waals surface area contributed by atoms with Gasteiger partial charge in [-0.2, -0.15) is 0 Å². The number of carboxylic acid groups (broad SMARTS) is 1. The van der Waals surface area contributed by atoms with Gasteiger partial charge in [-0.05, 0) is 13.3 Å². The number of unbranched alkanes of at least 4 members (excludes halogenated alkanes) is 1. The zero-order chi connectivity index (χ0) is 13.4. The van der Waals surface area contributed by atoms with E-state index in [1.54, 1.807) is 13.0 Å². The van der Waals surface area contributed by atoms with Gasteiger partial charge in [0.25, 0.3) is 0 Å². The number of aromatic nitrogens is 2. The minimum absolute atomic E-state index is 0.0581. The lowest BCUT2D eigenvalue weighted by molar-refractivity contribution is -0.137. The zero-order valence-corrected chi connectivity index (χ0v) is 10.8. The summed E-state index contributed by atoms with van der Waals surface area (Å²) in [5, 5.41) is 14.9. The van der Waals surface area contributed by atoms with Crippen LogP contribution in [0.15, 0.2) is 12.4 Å². The third-order valence-corrected chi connectivity index (χ3v) is 2.38. The number of nitrogens with zero attached hydrogens (tertiary/aromatic N) is 2. The summed E-state index contributed by atoms with van der Waals surface area (Å²) in [6.07, 6.45) is 3.73.